The lowest BCUT2D eigenvalue weighted by Crippen LogP contribution is -1.96. The number of hydrogen-bond acceptors (Lipinski definition) is 3. The molecule has 4 nitrogen and oxygen atoms in total. The van der Waals surface area contributed by atoms with Crippen LogP contribution in [0.15, 0.2) is 127 Å². The van der Waals surface area contributed by atoms with Gasteiger partial charge in [0, 0.05) is 51.3 Å². The van der Waals surface area contributed by atoms with Gasteiger partial charge in [0.05, 0.1) is 27.8 Å². The average molecular weight is 533 g/mol. The molecule has 0 radical (unpaired) electrons. The molecule has 8 rings (SSSR count). The van der Waals surface area contributed by atoms with E-state index in [0.29, 0.717) is 0 Å². The van der Waals surface area contributed by atoms with E-state index < -0.39 is 0 Å². The number of fused-ring (bicyclic) bond motifs is 4. The summed E-state index contributed by atoms with van der Waals surface area (Å²) in [5.74, 6) is 0.958. The Morgan fingerprint density at radius 1 is 0.675 bits per heavy atom. The van der Waals surface area contributed by atoms with E-state index in [0.717, 1.165) is 44.9 Å². The molecule has 4 aromatic carbocycles. The van der Waals surface area contributed by atoms with Gasteiger partial charge >= 0.3 is 0 Å². The Labute approximate surface area is 235 Å². The lowest BCUT2D eigenvalue weighted by molar-refractivity contribution is 0.960. The van der Waals surface area contributed by atoms with E-state index in [9.17, 15) is 0 Å². The van der Waals surface area contributed by atoms with Gasteiger partial charge in [-0.2, -0.15) is 0 Å². The van der Waals surface area contributed by atoms with Gasteiger partial charge < -0.3 is 9.13 Å². The molecule has 0 aliphatic heterocycles. The smallest absolute Gasteiger partial charge is 0.140 e. The van der Waals surface area contributed by atoms with Crippen LogP contribution in [-0.2, 0) is 7.05 Å². The van der Waals surface area contributed by atoms with E-state index in [-0.39, 0.29) is 0 Å². The van der Waals surface area contributed by atoms with Crippen molar-refractivity contribution in [3.8, 4) is 38.8 Å². The molecule has 8 aromatic rings. The number of imidazole rings is 1. The van der Waals surface area contributed by atoms with Crippen molar-refractivity contribution in [2.24, 2.45) is 7.05 Å². The van der Waals surface area contributed by atoms with Crippen molar-refractivity contribution in [1.29, 1.82) is 0 Å². The van der Waals surface area contributed by atoms with Gasteiger partial charge in [0.1, 0.15) is 5.82 Å². The van der Waals surface area contributed by atoms with Crippen LogP contribution >= 0.6 is 11.3 Å². The molecule has 0 fully saturated rings. The first-order chi connectivity index (χ1) is 19.8. The fourth-order valence-electron chi connectivity index (χ4n) is 5.88. The summed E-state index contributed by atoms with van der Waals surface area (Å²) < 4.78 is 4.60. The normalized spacial score (nSPS) is 11.6. The zero-order valence-electron chi connectivity index (χ0n) is 21.8. The Morgan fingerprint density at radius 3 is 2.42 bits per heavy atom. The highest BCUT2D eigenvalue weighted by Gasteiger charge is 2.18. The molecule has 40 heavy (non-hydrogen) atoms. The molecule has 0 atom stereocenters. The molecule has 0 saturated carbocycles. The fourth-order valence-corrected chi connectivity index (χ4v) is 6.64. The first-order valence-electron chi connectivity index (χ1n) is 13.3. The van der Waals surface area contributed by atoms with E-state index in [1.807, 2.05) is 18.3 Å². The third kappa shape index (κ3) is 3.52. The van der Waals surface area contributed by atoms with E-state index >= 15 is 0 Å². The van der Waals surface area contributed by atoms with Crippen molar-refractivity contribution >= 4 is 44.2 Å². The molecule has 0 aliphatic carbocycles. The summed E-state index contributed by atoms with van der Waals surface area (Å²) in [4.78, 5) is 11.0. The minimum atomic E-state index is 0.958. The second-order valence-electron chi connectivity index (χ2n) is 9.99. The molecule has 0 saturated heterocycles. The van der Waals surface area contributed by atoms with Crippen molar-refractivity contribution in [2.45, 2.75) is 0 Å². The molecule has 190 valence electrons. The van der Waals surface area contributed by atoms with Crippen LogP contribution in [0, 0.1) is 0 Å². The predicted octanol–water partition coefficient (Wildman–Crippen LogP) is 9.13. The number of hydrogen-bond donors (Lipinski definition) is 0. The molecule has 4 heterocycles. The minimum absolute atomic E-state index is 0.958. The van der Waals surface area contributed by atoms with Crippen molar-refractivity contribution < 1.29 is 0 Å². The summed E-state index contributed by atoms with van der Waals surface area (Å²) >= 11 is 1.76. The Kier molecular flexibility index (Phi) is 5.18. The molecule has 5 heteroatoms. The number of pyridine rings is 1. The second-order valence-corrected chi connectivity index (χ2v) is 10.9. The standard InChI is InChI=1S/C35H24N4S/c1-38-34-28(33-16-8-20-40-33)12-7-14-30(34)37-35(38)24-17-18-27-26-11-2-3-15-31(26)39(32(27)22-24)25-10-6-9-23(21-25)29-13-4-5-19-36-29/h2-22H,1H3. The molecule has 0 aliphatic rings. The van der Waals surface area contributed by atoms with Crippen molar-refractivity contribution in [2.75, 3.05) is 0 Å². The SMILES string of the molecule is Cn1c(-c2ccc3c4ccccc4n(-c4cccc(-c5ccccn5)c4)c3c2)nc2cccc(-c3cccs3)c21. The number of benzene rings is 4. The van der Waals surface area contributed by atoms with Gasteiger partial charge in [0.25, 0.3) is 0 Å². The predicted molar refractivity (Wildman–Crippen MR) is 167 cm³/mol. The molecule has 4 aromatic heterocycles. The summed E-state index contributed by atoms with van der Waals surface area (Å²) in [6.45, 7) is 0. The second kappa shape index (κ2) is 9.04. The van der Waals surface area contributed by atoms with Gasteiger partial charge in [-0.3, -0.25) is 4.98 Å². The van der Waals surface area contributed by atoms with Crippen LogP contribution < -0.4 is 0 Å². The molecule has 0 amide bonds. The van der Waals surface area contributed by atoms with Crippen molar-refractivity contribution in [3.63, 3.8) is 0 Å². The third-order valence-electron chi connectivity index (χ3n) is 7.68. The molecule has 0 N–H and O–H groups in total. The molecular weight excluding hydrogens is 508 g/mol. The highest BCUT2D eigenvalue weighted by Crippen LogP contribution is 2.38. The first-order valence-corrected chi connectivity index (χ1v) is 14.2. The van der Waals surface area contributed by atoms with E-state index in [4.69, 9.17) is 4.98 Å². The lowest BCUT2D eigenvalue weighted by atomic mass is 10.1. The maximum atomic E-state index is 5.12. The lowest BCUT2D eigenvalue weighted by Gasteiger charge is -2.11. The fraction of sp³-hybridized carbons (Fsp3) is 0.0286. The number of para-hydroxylation sites is 2. The van der Waals surface area contributed by atoms with Gasteiger partial charge in [-0.15, -0.1) is 11.3 Å². The quantitative estimate of drug-likeness (QED) is 0.227. The van der Waals surface area contributed by atoms with Crippen molar-refractivity contribution in [1.82, 2.24) is 19.1 Å². The van der Waals surface area contributed by atoms with E-state index in [2.05, 4.69) is 130 Å². The van der Waals surface area contributed by atoms with Gasteiger partial charge in [0.15, 0.2) is 0 Å². The summed E-state index contributed by atoms with van der Waals surface area (Å²) in [6, 6.07) is 40.7. The highest BCUT2D eigenvalue weighted by molar-refractivity contribution is 7.13. The van der Waals surface area contributed by atoms with Gasteiger partial charge in [-0.1, -0.05) is 66.7 Å². The molecule has 0 unspecified atom stereocenters. The highest BCUT2D eigenvalue weighted by atomic mass is 32.1. The molecule has 0 bridgehead atoms. The van der Waals surface area contributed by atoms with E-state index in [1.54, 1.807) is 11.3 Å². The number of aromatic nitrogens is 4. The van der Waals surface area contributed by atoms with Gasteiger partial charge in [-0.25, -0.2) is 4.98 Å². The minimum Gasteiger partial charge on any atom is -0.327 e. The van der Waals surface area contributed by atoms with Crippen molar-refractivity contribution in [3.05, 3.63) is 127 Å². The Hall–Kier alpha value is -5.00. The van der Waals surface area contributed by atoms with Crippen LogP contribution in [-0.4, -0.2) is 19.1 Å². The van der Waals surface area contributed by atoms with Crippen LogP contribution in [0.1, 0.15) is 0 Å². The largest absolute Gasteiger partial charge is 0.327 e. The van der Waals surface area contributed by atoms with Gasteiger partial charge in [-0.05, 0) is 53.9 Å². The number of rotatable bonds is 4. The monoisotopic (exact) mass is 532 g/mol. The zero-order valence-corrected chi connectivity index (χ0v) is 22.6. The maximum Gasteiger partial charge on any atom is 0.140 e. The van der Waals surface area contributed by atoms with Gasteiger partial charge in [0.2, 0.25) is 0 Å². The van der Waals surface area contributed by atoms with Crippen LogP contribution in [0.3, 0.4) is 0 Å². The summed E-state index contributed by atoms with van der Waals surface area (Å²) in [5.41, 5.74) is 9.97. The third-order valence-corrected chi connectivity index (χ3v) is 8.58. The average Bonchev–Trinajstić information content (AvgIpc) is 3.74. The summed E-state index contributed by atoms with van der Waals surface area (Å²) in [5, 5.41) is 4.58. The topological polar surface area (TPSA) is 35.6 Å². The first kappa shape index (κ1) is 22.9. The maximum absolute atomic E-state index is 5.12. The van der Waals surface area contributed by atoms with Crippen LogP contribution in [0.4, 0.5) is 0 Å². The number of thiophene rings is 1. The Bertz CT molecular complexity index is 2170. The Balaban J connectivity index is 1.36. The number of nitrogens with zero attached hydrogens (tertiary/aromatic N) is 4. The molecule has 0 spiro atoms. The summed E-state index contributed by atoms with van der Waals surface area (Å²) in [6.07, 6.45) is 1.84. The van der Waals surface area contributed by atoms with Crippen LogP contribution in [0.2, 0.25) is 0 Å². The molecular formula is C35H24N4S. The zero-order chi connectivity index (χ0) is 26.6. The van der Waals surface area contributed by atoms with Crippen LogP contribution in [0.5, 0.6) is 0 Å². The number of aryl methyl sites for hydroxylation is 1. The summed E-state index contributed by atoms with van der Waals surface area (Å²) in [7, 11) is 2.12. The Morgan fingerprint density at radius 2 is 1.55 bits per heavy atom. The van der Waals surface area contributed by atoms with E-state index in [1.165, 1.54) is 26.7 Å². The van der Waals surface area contributed by atoms with Crippen LogP contribution in [0.25, 0.3) is 71.6 Å².